The van der Waals surface area contributed by atoms with Gasteiger partial charge in [0.05, 0.1) is 0 Å². The second kappa shape index (κ2) is 5.19. The molecule has 0 saturated heterocycles. The molecule has 0 aromatic carbocycles. The lowest BCUT2D eigenvalue weighted by molar-refractivity contribution is 0.145. The summed E-state index contributed by atoms with van der Waals surface area (Å²) in [5.74, 6) is 2.05. The summed E-state index contributed by atoms with van der Waals surface area (Å²) in [6, 6.07) is 0. The zero-order valence-electron chi connectivity index (χ0n) is 10.6. The van der Waals surface area contributed by atoms with Crippen LogP contribution in [0.25, 0.3) is 0 Å². The maximum absolute atomic E-state index is 2.41. The van der Waals surface area contributed by atoms with E-state index in [9.17, 15) is 0 Å². The molecule has 1 saturated carbocycles. The smallest absolute Gasteiger partial charge is 0.0354 e. The van der Waals surface area contributed by atoms with E-state index in [1.54, 1.807) is 0 Å². The van der Waals surface area contributed by atoms with Gasteiger partial charge in [-0.3, -0.25) is 0 Å². The van der Waals surface area contributed by atoms with Gasteiger partial charge in [-0.15, -0.1) is 0 Å². The van der Waals surface area contributed by atoms with Crippen molar-refractivity contribution in [1.29, 1.82) is 0 Å². The summed E-state index contributed by atoms with van der Waals surface area (Å²) in [6.45, 7) is 9.53. The first-order valence-corrected chi connectivity index (χ1v) is 6.54. The van der Waals surface area contributed by atoms with Gasteiger partial charge < -0.3 is 0 Å². The second-order valence-electron chi connectivity index (χ2n) is 6.23. The molecular weight excluding hydrogens is 168 g/mol. The van der Waals surface area contributed by atoms with Gasteiger partial charge in [0.15, 0.2) is 0 Å². The molecule has 0 aromatic heterocycles. The Morgan fingerprint density at radius 3 is 2.00 bits per heavy atom. The minimum Gasteiger partial charge on any atom is -0.0654 e. The average Bonchev–Trinajstić information content (AvgIpc) is 2.14. The summed E-state index contributed by atoms with van der Waals surface area (Å²) in [4.78, 5) is 0. The van der Waals surface area contributed by atoms with Crippen molar-refractivity contribution in [3.8, 4) is 0 Å². The molecule has 0 nitrogen and oxygen atoms in total. The first-order valence-electron chi connectivity index (χ1n) is 6.54. The van der Waals surface area contributed by atoms with Crippen LogP contribution in [0.4, 0.5) is 0 Å². The molecule has 0 aromatic rings. The van der Waals surface area contributed by atoms with Crippen LogP contribution in [-0.2, 0) is 0 Å². The topological polar surface area (TPSA) is 0 Å². The average molecular weight is 196 g/mol. The number of rotatable bonds is 3. The molecular formula is C14H28. The van der Waals surface area contributed by atoms with Gasteiger partial charge in [0, 0.05) is 0 Å². The van der Waals surface area contributed by atoms with Crippen LogP contribution in [-0.4, -0.2) is 0 Å². The molecule has 1 aliphatic carbocycles. The van der Waals surface area contributed by atoms with Crippen molar-refractivity contribution in [3.63, 3.8) is 0 Å². The Morgan fingerprint density at radius 2 is 1.57 bits per heavy atom. The number of hydrogen-bond donors (Lipinski definition) is 0. The fourth-order valence-electron chi connectivity index (χ4n) is 2.81. The molecule has 84 valence electrons. The molecule has 0 aliphatic heterocycles. The molecule has 14 heavy (non-hydrogen) atoms. The van der Waals surface area contributed by atoms with Crippen molar-refractivity contribution in [1.82, 2.24) is 0 Å². The Balaban J connectivity index is 2.24. The third-order valence-corrected chi connectivity index (χ3v) is 4.04. The maximum atomic E-state index is 2.41. The summed E-state index contributed by atoms with van der Waals surface area (Å²) < 4.78 is 0. The largest absolute Gasteiger partial charge is 0.0654 e. The third kappa shape index (κ3) is 3.63. The second-order valence-corrected chi connectivity index (χ2v) is 6.23. The summed E-state index contributed by atoms with van der Waals surface area (Å²) >= 11 is 0. The molecule has 0 heteroatoms. The zero-order valence-corrected chi connectivity index (χ0v) is 10.6. The maximum Gasteiger partial charge on any atom is -0.0354 e. The normalized spacial score (nSPS) is 29.1. The molecule has 1 aliphatic rings. The molecule has 0 amide bonds. The van der Waals surface area contributed by atoms with Gasteiger partial charge in [-0.1, -0.05) is 59.8 Å². The summed E-state index contributed by atoms with van der Waals surface area (Å²) in [5.41, 5.74) is 0.551. The van der Waals surface area contributed by atoms with Crippen molar-refractivity contribution >= 4 is 0 Å². The molecule has 0 atom stereocenters. The molecule has 0 radical (unpaired) electrons. The lowest BCUT2D eigenvalue weighted by Crippen LogP contribution is -2.25. The molecule has 1 fully saturated rings. The van der Waals surface area contributed by atoms with Gasteiger partial charge in [0.1, 0.15) is 0 Å². The Kier molecular flexibility index (Phi) is 4.47. The Labute approximate surface area is 90.5 Å². The van der Waals surface area contributed by atoms with Crippen molar-refractivity contribution in [3.05, 3.63) is 0 Å². The van der Waals surface area contributed by atoms with Crippen LogP contribution < -0.4 is 0 Å². The van der Waals surface area contributed by atoms with E-state index < -0.39 is 0 Å². The van der Waals surface area contributed by atoms with Gasteiger partial charge in [0.25, 0.3) is 0 Å². The van der Waals surface area contributed by atoms with E-state index in [0.717, 1.165) is 11.8 Å². The summed E-state index contributed by atoms with van der Waals surface area (Å²) in [7, 11) is 0. The highest BCUT2D eigenvalue weighted by atomic mass is 14.3. The van der Waals surface area contributed by atoms with Gasteiger partial charge in [0.2, 0.25) is 0 Å². The Bertz CT molecular complexity index is 144. The fourth-order valence-corrected chi connectivity index (χ4v) is 2.81. The molecule has 0 N–H and O–H groups in total. The quantitative estimate of drug-likeness (QED) is 0.594. The van der Waals surface area contributed by atoms with Crippen LogP contribution in [0.15, 0.2) is 0 Å². The van der Waals surface area contributed by atoms with Gasteiger partial charge in [-0.2, -0.15) is 0 Å². The molecule has 0 bridgehead atoms. The van der Waals surface area contributed by atoms with Crippen LogP contribution in [0.2, 0.25) is 0 Å². The van der Waals surface area contributed by atoms with E-state index in [1.807, 2.05) is 0 Å². The van der Waals surface area contributed by atoms with Crippen LogP contribution in [0, 0.1) is 17.3 Å². The first-order chi connectivity index (χ1) is 6.54. The lowest BCUT2D eigenvalue weighted by Gasteiger charge is -2.37. The Morgan fingerprint density at radius 1 is 1.00 bits per heavy atom. The molecule has 1 rings (SSSR count). The van der Waals surface area contributed by atoms with Crippen molar-refractivity contribution in [2.24, 2.45) is 17.3 Å². The minimum absolute atomic E-state index is 0.551. The highest BCUT2D eigenvalue weighted by Gasteiger charge is 2.29. The number of hydrogen-bond acceptors (Lipinski definition) is 0. The van der Waals surface area contributed by atoms with Crippen LogP contribution in [0.5, 0.6) is 0 Å². The highest BCUT2D eigenvalue weighted by molar-refractivity contribution is 4.80. The predicted octanol–water partition coefficient (Wildman–Crippen LogP) is 5.03. The van der Waals surface area contributed by atoms with Crippen molar-refractivity contribution in [2.45, 2.75) is 72.6 Å². The Hall–Kier alpha value is 0. The minimum atomic E-state index is 0.551. The van der Waals surface area contributed by atoms with E-state index in [1.165, 1.54) is 44.9 Å². The van der Waals surface area contributed by atoms with Gasteiger partial charge in [-0.25, -0.2) is 0 Å². The van der Waals surface area contributed by atoms with Crippen LogP contribution in [0.1, 0.15) is 72.6 Å². The molecule has 0 spiro atoms. The zero-order chi connectivity index (χ0) is 10.6. The molecule has 0 unspecified atom stereocenters. The predicted molar refractivity (Wildman–Crippen MR) is 64.4 cm³/mol. The fraction of sp³-hybridized carbons (Fsp3) is 1.00. The summed E-state index contributed by atoms with van der Waals surface area (Å²) in [6.07, 6.45) is 10.3. The summed E-state index contributed by atoms with van der Waals surface area (Å²) in [5, 5.41) is 0. The van der Waals surface area contributed by atoms with E-state index >= 15 is 0 Å². The van der Waals surface area contributed by atoms with Gasteiger partial charge in [-0.05, 0) is 30.1 Å². The van der Waals surface area contributed by atoms with Crippen LogP contribution in [0.3, 0.4) is 0 Å². The SMILES string of the molecule is CCCCC1CCC(C(C)(C)C)CC1. The third-order valence-electron chi connectivity index (χ3n) is 4.04. The number of unbranched alkanes of at least 4 members (excludes halogenated alkanes) is 1. The first kappa shape index (κ1) is 12.1. The van der Waals surface area contributed by atoms with E-state index in [2.05, 4.69) is 27.7 Å². The van der Waals surface area contributed by atoms with Crippen LogP contribution >= 0.6 is 0 Å². The van der Waals surface area contributed by atoms with E-state index in [0.29, 0.717) is 5.41 Å². The van der Waals surface area contributed by atoms with E-state index in [4.69, 9.17) is 0 Å². The van der Waals surface area contributed by atoms with Gasteiger partial charge >= 0.3 is 0 Å². The van der Waals surface area contributed by atoms with E-state index in [-0.39, 0.29) is 0 Å². The highest BCUT2D eigenvalue weighted by Crippen LogP contribution is 2.40. The standard InChI is InChI=1S/C14H28/c1-5-6-7-12-8-10-13(11-9-12)14(2,3)4/h12-13H,5-11H2,1-4H3. The van der Waals surface area contributed by atoms with Crippen molar-refractivity contribution in [2.75, 3.05) is 0 Å². The molecule has 0 heterocycles. The lowest BCUT2D eigenvalue weighted by atomic mass is 9.69. The monoisotopic (exact) mass is 196 g/mol. The van der Waals surface area contributed by atoms with Crippen molar-refractivity contribution < 1.29 is 0 Å².